The van der Waals surface area contributed by atoms with Gasteiger partial charge in [0.2, 0.25) is 0 Å². The molecule has 1 N–H and O–H groups in total. The summed E-state index contributed by atoms with van der Waals surface area (Å²) in [5.74, 6) is -0.197. The van der Waals surface area contributed by atoms with Crippen LogP contribution < -0.4 is 0 Å². The first kappa shape index (κ1) is 20.7. The Morgan fingerprint density at radius 2 is 1.81 bits per heavy atom. The molecule has 9 atom stereocenters. The minimum atomic E-state index is -0.890. The summed E-state index contributed by atoms with van der Waals surface area (Å²) >= 11 is 0. The summed E-state index contributed by atoms with van der Waals surface area (Å²) in [5, 5.41) is 10.7. The SMILES string of the molecule is CC1(C)C2CC(=O)[C@]3(C)C(CC[C@@]4(C)[C@H](c5ccoc5)OC(=O)[C@H]5O[C@]543)[C@@]2(C)C=C[C@@H]1O. The molecule has 2 saturated heterocycles. The average molecular weight is 441 g/mol. The number of aliphatic hydroxyl groups excluding tert-OH is 1. The Bertz CT molecular complexity index is 1040. The Labute approximate surface area is 188 Å². The normalized spacial score (nSPS) is 52.9. The maximum Gasteiger partial charge on any atom is 0.339 e. The molecule has 0 amide bonds. The van der Waals surface area contributed by atoms with E-state index in [0.29, 0.717) is 6.42 Å². The van der Waals surface area contributed by atoms with Crippen LogP contribution in [0.4, 0.5) is 0 Å². The van der Waals surface area contributed by atoms with Crippen LogP contribution in [-0.4, -0.2) is 34.7 Å². The molecule has 6 rings (SSSR count). The second-order valence-electron chi connectivity index (χ2n) is 12.0. The zero-order valence-corrected chi connectivity index (χ0v) is 19.4. The highest BCUT2D eigenvalue weighted by atomic mass is 16.7. The van der Waals surface area contributed by atoms with Gasteiger partial charge in [0.1, 0.15) is 17.5 Å². The quantitative estimate of drug-likeness (QED) is 0.404. The zero-order valence-electron chi connectivity index (χ0n) is 19.4. The molecule has 0 bridgehead atoms. The number of ketones is 1. The van der Waals surface area contributed by atoms with E-state index < -0.39 is 40.2 Å². The van der Waals surface area contributed by atoms with E-state index in [1.165, 1.54) is 0 Å². The Hall–Kier alpha value is -1.92. The number of ether oxygens (including phenoxy) is 2. The highest BCUT2D eigenvalue weighted by molar-refractivity contribution is 5.93. The van der Waals surface area contributed by atoms with Crippen LogP contribution in [0.5, 0.6) is 0 Å². The lowest BCUT2D eigenvalue weighted by Gasteiger charge is -2.66. The van der Waals surface area contributed by atoms with E-state index in [0.717, 1.165) is 18.4 Å². The summed E-state index contributed by atoms with van der Waals surface area (Å²) in [6, 6.07) is 1.84. The molecule has 2 unspecified atom stereocenters. The van der Waals surface area contributed by atoms with Crippen molar-refractivity contribution < 1.29 is 28.6 Å². The van der Waals surface area contributed by atoms with E-state index in [1.54, 1.807) is 12.5 Å². The summed E-state index contributed by atoms with van der Waals surface area (Å²) in [7, 11) is 0. The molecule has 0 aromatic carbocycles. The number of esters is 1. The van der Waals surface area contributed by atoms with Gasteiger partial charge in [0.15, 0.2) is 6.10 Å². The van der Waals surface area contributed by atoms with Crippen LogP contribution in [-0.2, 0) is 19.1 Å². The molecule has 1 aromatic heterocycles. The molecule has 0 radical (unpaired) electrons. The molecule has 3 heterocycles. The number of hydrogen-bond donors (Lipinski definition) is 1. The minimum Gasteiger partial charge on any atom is -0.472 e. The molecule has 1 aromatic rings. The number of allylic oxidation sites excluding steroid dienone is 1. The van der Waals surface area contributed by atoms with Gasteiger partial charge in [0, 0.05) is 17.4 Å². The first-order valence-electron chi connectivity index (χ1n) is 11.8. The number of epoxide rings is 1. The van der Waals surface area contributed by atoms with E-state index in [2.05, 4.69) is 33.8 Å². The highest BCUT2D eigenvalue weighted by Gasteiger charge is 2.88. The number of aliphatic hydroxyl groups is 1. The fourth-order valence-electron chi connectivity index (χ4n) is 8.70. The fourth-order valence-corrected chi connectivity index (χ4v) is 8.70. The smallest absolute Gasteiger partial charge is 0.339 e. The molecule has 6 nitrogen and oxygen atoms in total. The summed E-state index contributed by atoms with van der Waals surface area (Å²) in [6.45, 7) is 10.5. The number of hydrogen-bond acceptors (Lipinski definition) is 6. The lowest BCUT2D eigenvalue weighted by molar-refractivity contribution is -0.213. The van der Waals surface area contributed by atoms with E-state index in [4.69, 9.17) is 13.9 Å². The minimum absolute atomic E-state index is 0.0123. The van der Waals surface area contributed by atoms with Gasteiger partial charge in [-0.05, 0) is 48.5 Å². The molecule has 2 saturated carbocycles. The molecule has 2 aliphatic heterocycles. The van der Waals surface area contributed by atoms with Crippen LogP contribution >= 0.6 is 0 Å². The standard InChI is InChI=1S/C26H32O6/c1-22(2)16-12-18(28)25(5)15(23(16,3)9-7-17(22)27)6-10-24(4)19(14-8-11-30-13-14)31-21(29)20-26(24,25)32-20/h7-9,11,13,15-17,19-20,27H,6,10,12H2,1-5H3/t15?,16?,17-,19-,20+,23+,24-,25-,26+/m0/s1. The fraction of sp³-hybridized carbons (Fsp3) is 0.692. The third-order valence-electron chi connectivity index (χ3n) is 10.5. The molecule has 3 aliphatic carbocycles. The van der Waals surface area contributed by atoms with Crippen molar-refractivity contribution in [1.82, 2.24) is 0 Å². The molecule has 6 heteroatoms. The highest BCUT2D eigenvalue weighted by Crippen LogP contribution is 2.78. The maximum absolute atomic E-state index is 14.1. The van der Waals surface area contributed by atoms with E-state index in [-0.39, 0.29) is 29.0 Å². The third kappa shape index (κ3) is 1.98. The predicted octanol–water partition coefficient (Wildman–Crippen LogP) is 3.99. The predicted molar refractivity (Wildman–Crippen MR) is 114 cm³/mol. The Morgan fingerprint density at radius 3 is 2.50 bits per heavy atom. The van der Waals surface area contributed by atoms with Gasteiger partial charge >= 0.3 is 5.97 Å². The maximum atomic E-state index is 14.1. The number of furan rings is 1. The molecule has 1 spiro atoms. The lowest BCUT2D eigenvalue weighted by Crippen LogP contribution is -2.71. The molecule has 5 aliphatic rings. The number of fused-ring (bicyclic) bond motifs is 3. The van der Waals surface area contributed by atoms with Gasteiger partial charge in [-0.25, -0.2) is 4.79 Å². The lowest BCUT2D eigenvalue weighted by atomic mass is 9.36. The topological polar surface area (TPSA) is 89.3 Å². The van der Waals surface area contributed by atoms with Gasteiger partial charge in [-0.15, -0.1) is 0 Å². The van der Waals surface area contributed by atoms with Crippen LogP contribution in [0.15, 0.2) is 35.2 Å². The Morgan fingerprint density at radius 1 is 1.06 bits per heavy atom. The summed E-state index contributed by atoms with van der Waals surface area (Å²) < 4.78 is 17.6. The number of carbonyl (C=O) groups excluding carboxylic acids is 2. The van der Waals surface area contributed by atoms with E-state index in [1.807, 2.05) is 19.1 Å². The van der Waals surface area contributed by atoms with Gasteiger partial charge in [-0.1, -0.05) is 39.8 Å². The molecular weight excluding hydrogens is 408 g/mol. The monoisotopic (exact) mass is 440 g/mol. The Balaban J connectivity index is 1.52. The first-order valence-corrected chi connectivity index (χ1v) is 11.8. The summed E-state index contributed by atoms with van der Waals surface area (Å²) in [6.07, 6.45) is 7.45. The van der Waals surface area contributed by atoms with Crippen molar-refractivity contribution in [2.24, 2.45) is 33.5 Å². The van der Waals surface area contributed by atoms with Gasteiger partial charge in [-0.2, -0.15) is 0 Å². The van der Waals surface area contributed by atoms with Crippen molar-refractivity contribution in [2.45, 2.75) is 77.8 Å². The van der Waals surface area contributed by atoms with Crippen molar-refractivity contribution in [3.8, 4) is 0 Å². The number of cyclic esters (lactones) is 1. The Kier molecular flexibility index (Phi) is 3.72. The third-order valence-corrected chi connectivity index (χ3v) is 10.5. The summed E-state index contributed by atoms with van der Waals surface area (Å²) in [4.78, 5) is 27.1. The molecular formula is C26H32O6. The van der Waals surface area contributed by atoms with Crippen molar-refractivity contribution >= 4 is 11.8 Å². The van der Waals surface area contributed by atoms with Gasteiger partial charge in [0.25, 0.3) is 0 Å². The van der Waals surface area contributed by atoms with Crippen LogP contribution in [0.25, 0.3) is 0 Å². The van der Waals surface area contributed by atoms with E-state index in [9.17, 15) is 14.7 Å². The van der Waals surface area contributed by atoms with Crippen LogP contribution in [0.3, 0.4) is 0 Å². The molecule has 172 valence electrons. The van der Waals surface area contributed by atoms with Gasteiger partial charge in [0.05, 0.1) is 24.0 Å². The summed E-state index contributed by atoms with van der Waals surface area (Å²) in [5.41, 5.74) is -2.12. The first-order chi connectivity index (χ1) is 14.9. The van der Waals surface area contributed by atoms with Crippen molar-refractivity contribution in [3.05, 3.63) is 36.3 Å². The van der Waals surface area contributed by atoms with Crippen LogP contribution in [0.1, 0.15) is 65.5 Å². The van der Waals surface area contributed by atoms with E-state index >= 15 is 0 Å². The number of Topliss-reactive ketones (excluding diaryl/α,β-unsaturated/α-hetero) is 1. The zero-order chi connectivity index (χ0) is 22.9. The average Bonchev–Trinajstić information content (AvgIpc) is 3.30. The van der Waals surface area contributed by atoms with Crippen molar-refractivity contribution in [3.63, 3.8) is 0 Å². The van der Waals surface area contributed by atoms with Crippen molar-refractivity contribution in [2.75, 3.05) is 0 Å². The van der Waals surface area contributed by atoms with Crippen molar-refractivity contribution in [1.29, 1.82) is 0 Å². The second-order valence-corrected chi connectivity index (χ2v) is 12.0. The largest absolute Gasteiger partial charge is 0.472 e. The number of carbonyl (C=O) groups is 2. The van der Waals surface area contributed by atoms with Crippen LogP contribution in [0, 0.1) is 33.5 Å². The second kappa shape index (κ2) is 5.76. The molecule has 4 fully saturated rings. The van der Waals surface area contributed by atoms with Gasteiger partial charge < -0.3 is 19.0 Å². The molecule has 32 heavy (non-hydrogen) atoms. The van der Waals surface area contributed by atoms with Gasteiger partial charge in [-0.3, -0.25) is 4.79 Å². The van der Waals surface area contributed by atoms with Crippen LogP contribution in [0.2, 0.25) is 0 Å². The number of rotatable bonds is 1.